The van der Waals surface area contributed by atoms with Crippen LogP contribution in [0.3, 0.4) is 0 Å². The third kappa shape index (κ3) is 5.85. The van der Waals surface area contributed by atoms with Crippen LogP contribution in [0.25, 0.3) is 0 Å². The zero-order chi connectivity index (χ0) is 18.6. The van der Waals surface area contributed by atoms with Gasteiger partial charge in [0.1, 0.15) is 0 Å². The third-order valence-electron chi connectivity index (χ3n) is 4.63. The van der Waals surface area contributed by atoms with E-state index >= 15 is 0 Å². The van der Waals surface area contributed by atoms with Gasteiger partial charge in [0.25, 0.3) is 0 Å². The van der Waals surface area contributed by atoms with Crippen LogP contribution < -0.4 is 5.32 Å². The molecule has 0 aromatic heterocycles. The van der Waals surface area contributed by atoms with Gasteiger partial charge in [-0.25, -0.2) is 0 Å². The van der Waals surface area contributed by atoms with Gasteiger partial charge in [-0.3, -0.25) is 9.59 Å². The molecule has 0 spiro atoms. The van der Waals surface area contributed by atoms with Gasteiger partial charge in [-0.05, 0) is 36.0 Å². The number of nitrogens with zero attached hydrogens (tertiary/aromatic N) is 1. The van der Waals surface area contributed by atoms with Crippen molar-refractivity contribution in [3.63, 3.8) is 0 Å². The molecule has 2 rings (SSSR count). The summed E-state index contributed by atoms with van der Waals surface area (Å²) in [6, 6.07) is 7.79. The molecule has 1 aromatic rings. The van der Waals surface area contributed by atoms with Gasteiger partial charge in [-0.15, -0.1) is 0 Å². The molecule has 1 aliphatic carbocycles. The summed E-state index contributed by atoms with van der Waals surface area (Å²) in [6.07, 6.45) is 2.97. The van der Waals surface area contributed by atoms with E-state index in [1.807, 2.05) is 57.0 Å². The minimum absolute atomic E-state index is 0.00809. The molecule has 1 aromatic carbocycles. The van der Waals surface area contributed by atoms with E-state index in [4.69, 9.17) is 4.74 Å². The molecule has 2 amide bonds. The Bertz CT molecular complexity index is 598. The Hall–Kier alpha value is -1.88. The number of carbonyl (C=O) groups is 2. The summed E-state index contributed by atoms with van der Waals surface area (Å²) in [5.74, 6) is 0.123. The molecule has 0 saturated heterocycles. The Kier molecular flexibility index (Phi) is 6.22. The molecular weight excluding hydrogens is 316 g/mol. The molecule has 1 fully saturated rings. The van der Waals surface area contributed by atoms with Crippen LogP contribution in [0.5, 0.6) is 0 Å². The molecule has 25 heavy (non-hydrogen) atoms. The highest BCUT2D eigenvalue weighted by atomic mass is 16.5. The first kappa shape index (κ1) is 19.4. The number of carbonyl (C=O) groups excluding carboxylic acids is 2. The van der Waals surface area contributed by atoms with Crippen LogP contribution >= 0.6 is 0 Å². The lowest BCUT2D eigenvalue weighted by Crippen LogP contribution is -2.48. The van der Waals surface area contributed by atoms with E-state index in [2.05, 4.69) is 5.32 Å². The minimum Gasteiger partial charge on any atom is -0.381 e. The number of anilines is 1. The normalized spacial score (nSPS) is 19.9. The Morgan fingerprint density at radius 3 is 2.32 bits per heavy atom. The molecule has 0 heterocycles. The average Bonchev–Trinajstić information content (AvgIpc) is 2.46. The maximum absolute atomic E-state index is 12.4. The van der Waals surface area contributed by atoms with Gasteiger partial charge in [-0.1, -0.05) is 32.9 Å². The maximum atomic E-state index is 12.4. The molecule has 5 nitrogen and oxygen atoms in total. The number of hydrogen-bond donors (Lipinski definition) is 1. The lowest BCUT2D eigenvalue weighted by Gasteiger charge is -2.40. The number of benzene rings is 1. The van der Waals surface area contributed by atoms with E-state index in [0.29, 0.717) is 12.8 Å². The van der Waals surface area contributed by atoms with Crippen molar-refractivity contribution < 1.29 is 14.3 Å². The van der Waals surface area contributed by atoms with Crippen LogP contribution in [0.15, 0.2) is 24.3 Å². The lowest BCUT2D eigenvalue weighted by atomic mass is 9.88. The zero-order valence-corrected chi connectivity index (χ0v) is 16.0. The van der Waals surface area contributed by atoms with Crippen LogP contribution in [0.1, 0.15) is 45.6 Å². The second-order valence-corrected chi connectivity index (χ2v) is 8.15. The molecule has 138 valence electrons. The fourth-order valence-electron chi connectivity index (χ4n) is 2.94. The van der Waals surface area contributed by atoms with Crippen LogP contribution in [0, 0.1) is 5.41 Å². The summed E-state index contributed by atoms with van der Waals surface area (Å²) >= 11 is 0. The third-order valence-corrected chi connectivity index (χ3v) is 4.63. The average molecular weight is 346 g/mol. The highest BCUT2D eigenvalue weighted by Crippen LogP contribution is 2.27. The van der Waals surface area contributed by atoms with E-state index in [-0.39, 0.29) is 29.4 Å². The van der Waals surface area contributed by atoms with Crippen molar-refractivity contribution >= 4 is 17.5 Å². The van der Waals surface area contributed by atoms with E-state index in [9.17, 15) is 9.59 Å². The molecule has 0 aliphatic heterocycles. The fourth-order valence-corrected chi connectivity index (χ4v) is 2.94. The van der Waals surface area contributed by atoms with Gasteiger partial charge in [0, 0.05) is 32.3 Å². The van der Waals surface area contributed by atoms with E-state index in [1.54, 1.807) is 7.11 Å². The number of methoxy groups -OCH3 is 1. The quantitative estimate of drug-likeness (QED) is 0.860. The minimum atomic E-state index is -0.0373. The number of nitrogens with one attached hydrogen (secondary N) is 1. The Labute approximate surface area is 150 Å². The van der Waals surface area contributed by atoms with Crippen molar-refractivity contribution in [1.82, 2.24) is 4.90 Å². The van der Waals surface area contributed by atoms with Gasteiger partial charge in [0.15, 0.2) is 0 Å². The summed E-state index contributed by atoms with van der Waals surface area (Å²) in [7, 11) is 3.57. The first-order valence-corrected chi connectivity index (χ1v) is 8.85. The molecule has 0 radical (unpaired) electrons. The predicted octanol–water partition coefficient (Wildman–Crippen LogP) is 3.24. The van der Waals surface area contributed by atoms with Crippen molar-refractivity contribution in [2.24, 2.45) is 5.41 Å². The Balaban J connectivity index is 1.83. The van der Waals surface area contributed by atoms with Gasteiger partial charge in [0.05, 0.1) is 12.5 Å². The summed E-state index contributed by atoms with van der Waals surface area (Å²) in [6.45, 7) is 6.11. The first-order chi connectivity index (χ1) is 11.7. The Morgan fingerprint density at radius 2 is 1.80 bits per heavy atom. The van der Waals surface area contributed by atoms with E-state index in [0.717, 1.165) is 24.1 Å². The molecule has 0 unspecified atom stereocenters. The van der Waals surface area contributed by atoms with Crippen LogP contribution in [-0.4, -0.2) is 43.0 Å². The van der Waals surface area contributed by atoms with E-state index < -0.39 is 0 Å². The first-order valence-electron chi connectivity index (χ1n) is 8.85. The summed E-state index contributed by atoms with van der Waals surface area (Å²) in [5, 5.41) is 2.90. The second kappa shape index (κ2) is 8.00. The van der Waals surface area contributed by atoms with Crippen LogP contribution in [-0.2, 0) is 20.7 Å². The molecule has 1 N–H and O–H groups in total. The van der Waals surface area contributed by atoms with Crippen LogP contribution in [0.2, 0.25) is 0 Å². The second-order valence-electron chi connectivity index (χ2n) is 8.15. The number of ether oxygens (including phenoxy) is 1. The maximum Gasteiger partial charge on any atom is 0.226 e. The summed E-state index contributed by atoms with van der Waals surface area (Å²) in [5.41, 5.74) is 1.68. The number of rotatable bonds is 6. The lowest BCUT2D eigenvalue weighted by molar-refractivity contribution is -0.135. The van der Waals surface area contributed by atoms with Crippen molar-refractivity contribution in [3.8, 4) is 0 Å². The van der Waals surface area contributed by atoms with Gasteiger partial charge < -0.3 is 15.0 Å². The largest absolute Gasteiger partial charge is 0.381 e. The monoisotopic (exact) mass is 346 g/mol. The smallest absolute Gasteiger partial charge is 0.226 e. The standard InChI is InChI=1S/C20H30N2O3/c1-20(2,3)13-18(23)21-15-8-6-14(7-9-15)10-19(24)22(4)16-11-17(12-16)25-5/h6-9,16-17H,10-13H2,1-5H3,(H,21,23). The summed E-state index contributed by atoms with van der Waals surface area (Å²) < 4.78 is 5.27. The molecule has 0 atom stereocenters. The van der Waals surface area contributed by atoms with E-state index in [1.165, 1.54) is 0 Å². The predicted molar refractivity (Wildman–Crippen MR) is 99.4 cm³/mol. The summed E-state index contributed by atoms with van der Waals surface area (Å²) in [4.78, 5) is 26.2. The van der Waals surface area contributed by atoms with Crippen molar-refractivity contribution in [1.29, 1.82) is 0 Å². The number of amides is 2. The van der Waals surface area contributed by atoms with Gasteiger partial charge in [0.2, 0.25) is 11.8 Å². The number of likely N-dealkylation sites (N-methyl/N-ethyl adjacent to an activating group) is 1. The Morgan fingerprint density at radius 1 is 1.20 bits per heavy atom. The van der Waals surface area contributed by atoms with Crippen molar-refractivity contribution in [2.75, 3.05) is 19.5 Å². The fraction of sp³-hybridized carbons (Fsp3) is 0.600. The van der Waals surface area contributed by atoms with Gasteiger partial charge >= 0.3 is 0 Å². The molecule has 1 aliphatic rings. The SMILES string of the molecule is COC1CC(N(C)C(=O)Cc2ccc(NC(=O)CC(C)(C)C)cc2)C1. The molecule has 5 heteroatoms. The highest BCUT2D eigenvalue weighted by Gasteiger charge is 2.33. The molecule has 1 saturated carbocycles. The van der Waals surface area contributed by atoms with Crippen LogP contribution in [0.4, 0.5) is 5.69 Å². The highest BCUT2D eigenvalue weighted by molar-refractivity contribution is 5.91. The van der Waals surface area contributed by atoms with Gasteiger partial charge in [-0.2, -0.15) is 0 Å². The van der Waals surface area contributed by atoms with Crippen molar-refractivity contribution in [2.45, 2.75) is 58.6 Å². The molecule has 0 bridgehead atoms. The topological polar surface area (TPSA) is 58.6 Å². The molecular formula is C20H30N2O3. The van der Waals surface area contributed by atoms with Crippen molar-refractivity contribution in [3.05, 3.63) is 29.8 Å². The zero-order valence-electron chi connectivity index (χ0n) is 16.0. The number of hydrogen-bond acceptors (Lipinski definition) is 3.